The van der Waals surface area contributed by atoms with Crippen LogP contribution in [-0.2, 0) is 11.2 Å². The summed E-state index contributed by atoms with van der Waals surface area (Å²) in [5.41, 5.74) is 1.45. The van der Waals surface area contributed by atoms with Gasteiger partial charge in [0.2, 0.25) is 5.91 Å². The van der Waals surface area contributed by atoms with E-state index in [1.54, 1.807) is 24.3 Å². The molecule has 2 aromatic carbocycles. The average molecular weight is 341 g/mol. The monoisotopic (exact) mass is 341 g/mol. The van der Waals surface area contributed by atoms with E-state index >= 15 is 0 Å². The number of nitro groups is 1. The summed E-state index contributed by atoms with van der Waals surface area (Å²) in [7, 11) is 0. The number of rotatable bonds is 7. The zero-order chi connectivity index (χ0) is 18.2. The second-order valence-corrected chi connectivity index (χ2v) is 5.45. The van der Waals surface area contributed by atoms with Crippen LogP contribution < -0.4 is 10.6 Å². The van der Waals surface area contributed by atoms with Gasteiger partial charge in [0.25, 0.3) is 11.6 Å². The van der Waals surface area contributed by atoms with Crippen LogP contribution in [-0.4, -0.2) is 23.3 Å². The fourth-order valence-corrected chi connectivity index (χ4v) is 2.24. The molecular formula is C18H19N3O4. The summed E-state index contributed by atoms with van der Waals surface area (Å²) in [5, 5.41) is 16.1. The number of benzene rings is 2. The fraction of sp³-hybridized carbons (Fsp3) is 0.222. The molecule has 0 heterocycles. The van der Waals surface area contributed by atoms with Gasteiger partial charge in [-0.3, -0.25) is 19.7 Å². The lowest BCUT2D eigenvalue weighted by Crippen LogP contribution is -2.26. The Bertz CT molecular complexity index is 772. The smallest absolute Gasteiger partial charge is 0.269 e. The highest BCUT2D eigenvalue weighted by atomic mass is 16.6. The molecule has 2 aromatic rings. The molecule has 0 saturated heterocycles. The highest BCUT2D eigenvalue weighted by Gasteiger charge is 2.13. The molecule has 0 fully saturated rings. The van der Waals surface area contributed by atoms with Crippen molar-refractivity contribution in [2.45, 2.75) is 19.8 Å². The molecule has 0 atom stereocenters. The van der Waals surface area contributed by atoms with Gasteiger partial charge in [-0.2, -0.15) is 0 Å². The van der Waals surface area contributed by atoms with Crippen molar-refractivity contribution < 1.29 is 14.5 Å². The van der Waals surface area contributed by atoms with E-state index in [-0.39, 0.29) is 23.9 Å². The predicted octanol–water partition coefficient (Wildman–Crippen LogP) is 2.92. The standard InChI is InChI=1S/C18H19N3O4/c1-2-11-19-18(23)15-5-3-4-6-16(15)20-17(22)12-13-7-9-14(10-8-13)21(24)25/h3-10H,2,11-12H2,1H3,(H,19,23)(H,20,22). The number of anilines is 1. The third-order valence-corrected chi connectivity index (χ3v) is 3.49. The number of carbonyl (C=O) groups is 2. The van der Waals surface area contributed by atoms with Crippen LogP contribution in [0.3, 0.4) is 0 Å². The van der Waals surface area contributed by atoms with Crippen LogP contribution in [0.15, 0.2) is 48.5 Å². The van der Waals surface area contributed by atoms with Gasteiger partial charge < -0.3 is 10.6 Å². The first kappa shape index (κ1) is 18.1. The van der Waals surface area contributed by atoms with Gasteiger partial charge >= 0.3 is 0 Å². The molecule has 25 heavy (non-hydrogen) atoms. The van der Waals surface area contributed by atoms with Gasteiger partial charge in [-0.1, -0.05) is 31.2 Å². The van der Waals surface area contributed by atoms with Gasteiger partial charge in [-0.05, 0) is 24.1 Å². The molecule has 0 aromatic heterocycles. The molecule has 7 heteroatoms. The van der Waals surface area contributed by atoms with Crippen LogP contribution >= 0.6 is 0 Å². The number of carbonyl (C=O) groups excluding carboxylic acids is 2. The highest BCUT2D eigenvalue weighted by Crippen LogP contribution is 2.16. The Kier molecular flexibility index (Phi) is 6.22. The van der Waals surface area contributed by atoms with E-state index in [0.717, 1.165) is 6.42 Å². The van der Waals surface area contributed by atoms with Crippen molar-refractivity contribution in [3.63, 3.8) is 0 Å². The summed E-state index contributed by atoms with van der Waals surface area (Å²) >= 11 is 0. The van der Waals surface area contributed by atoms with Gasteiger partial charge in [-0.25, -0.2) is 0 Å². The minimum Gasteiger partial charge on any atom is -0.352 e. The Balaban J connectivity index is 2.05. The molecule has 0 saturated carbocycles. The van der Waals surface area contributed by atoms with E-state index in [2.05, 4.69) is 10.6 Å². The van der Waals surface area contributed by atoms with E-state index in [1.165, 1.54) is 24.3 Å². The Hall–Kier alpha value is -3.22. The molecular weight excluding hydrogens is 322 g/mol. The van der Waals surface area contributed by atoms with Crippen LogP contribution in [0.1, 0.15) is 29.3 Å². The molecule has 0 aliphatic carbocycles. The minimum atomic E-state index is -0.491. The topological polar surface area (TPSA) is 101 Å². The molecule has 7 nitrogen and oxygen atoms in total. The molecule has 0 aliphatic rings. The number of nitro benzene ring substituents is 1. The maximum absolute atomic E-state index is 12.2. The Morgan fingerprint density at radius 2 is 1.76 bits per heavy atom. The first-order valence-corrected chi connectivity index (χ1v) is 7.91. The molecule has 0 aliphatic heterocycles. The predicted molar refractivity (Wildman–Crippen MR) is 94.5 cm³/mol. The van der Waals surface area contributed by atoms with Gasteiger partial charge in [0, 0.05) is 18.7 Å². The molecule has 2 N–H and O–H groups in total. The molecule has 0 spiro atoms. The maximum atomic E-state index is 12.2. The number of nitrogens with one attached hydrogen (secondary N) is 2. The lowest BCUT2D eigenvalue weighted by atomic mass is 10.1. The van der Waals surface area contributed by atoms with E-state index < -0.39 is 4.92 Å². The maximum Gasteiger partial charge on any atom is 0.269 e. The molecule has 2 amide bonds. The number of nitrogens with zero attached hydrogens (tertiary/aromatic N) is 1. The lowest BCUT2D eigenvalue weighted by molar-refractivity contribution is -0.384. The zero-order valence-corrected chi connectivity index (χ0v) is 13.8. The van der Waals surface area contributed by atoms with E-state index in [9.17, 15) is 19.7 Å². The lowest BCUT2D eigenvalue weighted by Gasteiger charge is -2.11. The summed E-state index contributed by atoms with van der Waals surface area (Å²) in [5.74, 6) is -0.544. The van der Waals surface area contributed by atoms with Crippen LogP contribution in [0.2, 0.25) is 0 Å². The molecule has 0 bridgehead atoms. The number of hydrogen-bond donors (Lipinski definition) is 2. The first-order valence-electron chi connectivity index (χ1n) is 7.91. The van der Waals surface area contributed by atoms with Crippen LogP contribution in [0.25, 0.3) is 0 Å². The van der Waals surface area contributed by atoms with Gasteiger partial charge in [0.1, 0.15) is 0 Å². The fourth-order valence-electron chi connectivity index (χ4n) is 2.24. The van der Waals surface area contributed by atoms with E-state index in [1.807, 2.05) is 6.92 Å². The SMILES string of the molecule is CCCNC(=O)c1ccccc1NC(=O)Cc1ccc([N+](=O)[O-])cc1. The van der Waals surface area contributed by atoms with Crippen molar-refractivity contribution in [1.29, 1.82) is 0 Å². The second kappa shape index (κ2) is 8.58. The third kappa shape index (κ3) is 5.13. The largest absolute Gasteiger partial charge is 0.352 e. The van der Waals surface area contributed by atoms with Gasteiger partial charge in [0.05, 0.1) is 22.6 Å². The van der Waals surface area contributed by atoms with Crippen molar-refractivity contribution in [1.82, 2.24) is 5.32 Å². The summed E-state index contributed by atoms with van der Waals surface area (Å²) in [4.78, 5) is 34.5. The average Bonchev–Trinajstić information content (AvgIpc) is 2.60. The number of non-ortho nitro benzene ring substituents is 1. The van der Waals surface area contributed by atoms with Crippen LogP contribution in [0.4, 0.5) is 11.4 Å². The second-order valence-electron chi connectivity index (χ2n) is 5.45. The molecule has 130 valence electrons. The summed E-state index contributed by atoms with van der Waals surface area (Å²) < 4.78 is 0. The Morgan fingerprint density at radius 1 is 1.08 bits per heavy atom. The van der Waals surface area contributed by atoms with Crippen molar-refractivity contribution in [3.05, 3.63) is 69.8 Å². The van der Waals surface area contributed by atoms with E-state index in [4.69, 9.17) is 0 Å². The van der Waals surface area contributed by atoms with Crippen molar-refractivity contribution in [3.8, 4) is 0 Å². The van der Waals surface area contributed by atoms with E-state index in [0.29, 0.717) is 23.4 Å². The zero-order valence-electron chi connectivity index (χ0n) is 13.8. The molecule has 0 unspecified atom stereocenters. The van der Waals surface area contributed by atoms with Crippen LogP contribution in [0, 0.1) is 10.1 Å². The Morgan fingerprint density at radius 3 is 2.40 bits per heavy atom. The normalized spacial score (nSPS) is 10.1. The molecule has 0 radical (unpaired) electrons. The Labute approximate surface area is 145 Å². The van der Waals surface area contributed by atoms with Gasteiger partial charge in [-0.15, -0.1) is 0 Å². The summed E-state index contributed by atoms with van der Waals surface area (Å²) in [6, 6.07) is 12.6. The van der Waals surface area contributed by atoms with Gasteiger partial charge in [0.15, 0.2) is 0 Å². The van der Waals surface area contributed by atoms with Crippen molar-refractivity contribution in [2.24, 2.45) is 0 Å². The number of para-hydroxylation sites is 1. The summed E-state index contributed by atoms with van der Waals surface area (Å²) in [6.45, 7) is 2.52. The highest BCUT2D eigenvalue weighted by molar-refractivity contribution is 6.04. The first-order chi connectivity index (χ1) is 12.0. The third-order valence-electron chi connectivity index (χ3n) is 3.49. The minimum absolute atomic E-state index is 0.0258. The molecule has 2 rings (SSSR count). The van der Waals surface area contributed by atoms with Crippen molar-refractivity contribution in [2.75, 3.05) is 11.9 Å². The number of hydrogen-bond acceptors (Lipinski definition) is 4. The van der Waals surface area contributed by atoms with Crippen LogP contribution in [0.5, 0.6) is 0 Å². The van der Waals surface area contributed by atoms with Crippen molar-refractivity contribution >= 4 is 23.2 Å². The summed E-state index contributed by atoms with van der Waals surface area (Å²) in [6.07, 6.45) is 0.878. The number of amides is 2. The quantitative estimate of drug-likeness (QED) is 0.597.